The third-order valence-electron chi connectivity index (χ3n) is 3.14. The van der Waals surface area contributed by atoms with E-state index in [0.29, 0.717) is 11.4 Å². The molecule has 1 unspecified atom stereocenters. The SMILES string of the molecule is CCC(NC(=O)c1cnn(C)c1N)c1ccccc1. The zero-order valence-corrected chi connectivity index (χ0v) is 11.1. The maximum atomic E-state index is 12.2. The van der Waals surface area contributed by atoms with Crippen LogP contribution in [0.5, 0.6) is 0 Å². The van der Waals surface area contributed by atoms with Gasteiger partial charge in [-0.15, -0.1) is 0 Å². The Bertz CT molecular complexity index is 562. The number of benzene rings is 1. The van der Waals surface area contributed by atoms with Gasteiger partial charge in [-0.2, -0.15) is 5.10 Å². The highest BCUT2D eigenvalue weighted by atomic mass is 16.1. The van der Waals surface area contributed by atoms with Crippen molar-refractivity contribution in [2.75, 3.05) is 5.73 Å². The molecule has 0 fully saturated rings. The summed E-state index contributed by atoms with van der Waals surface area (Å²) in [5.41, 5.74) is 7.30. The number of hydrogen-bond acceptors (Lipinski definition) is 3. The fourth-order valence-corrected chi connectivity index (χ4v) is 1.96. The Morgan fingerprint density at radius 1 is 1.42 bits per heavy atom. The van der Waals surface area contributed by atoms with Crippen LogP contribution in [0.3, 0.4) is 0 Å². The first-order valence-corrected chi connectivity index (χ1v) is 6.26. The quantitative estimate of drug-likeness (QED) is 0.879. The fourth-order valence-electron chi connectivity index (χ4n) is 1.96. The number of nitrogens with one attached hydrogen (secondary N) is 1. The zero-order valence-electron chi connectivity index (χ0n) is 11.1. The molecule has 0 aliphatic carbocycles. The largest absolute Gasteiger partial charge is 0.383 e. The number of hydrogen-bond donors (Lipinski definition) is 2. The second kappa shape index (κ2) is 5.56. The van der Waals surface area contributed by atoms with Gasteiger partial charge < -0.3 is 11.1 Å². The third kappa shape index (κ3) is 2.76. The highest BCUT2D eigenvalue weighted by Gasteiger charge is 2.17. The van der Waals surface area contributed by atoms with E-state index in [1.165, 1.54) is 10.9 Å². The van der Waals surface area contributed by atoms with Crippen molar-refractivity contribution < 1.29 is 4.79 Å². The summed E-state index contributed by atoms with van der Waals surface area (Å²) in [6.07, 6.45) is 2.30. The molecule has 2 rings (SSSR count). The van der Waals surface area contributed by atoms with Crippen molar-refractivity contribution >= 4 is 11.7 Å². The van der Waals surface area contributed by atoms with Crippen molar-refractivity contribution in [3.05, 3.63) is 47.7 Å². The van der Waals surface area contributed by atoms with E-state index >= 15 is 0 Å². The van der Waals surface area contributed by atoms with Crippen LogP contribution in [0.15, 0.2) is 36.5 Å². The molecule has 5 nitrogen and oxygen atoms in total. The van der Waals surface area contributed by atoms with Crippen molar-refractivity contribution in [3.8, 4) is 0 Å². The molecule has 1 atom stereocenters. The predicted molar refractivity (Wildman–Crippen MR) is 74.6 cm³/mol. The van der Waals surface area contributed by atoms with Crippen LogP contribution in [0, 0.1) is 0 Å². The summed E-state index contributed by atoms with van der Waals surface area (Å²) in [5, 5.41) is 6.96. The molecule has 19 heavy (non-hydrogen) atoms. The van der Waals surface area contributed by atoms with E-state index in [-0.39, 0.29) is 11.9 Å². The van der Waals surface area contributed by atoms with Crippen molar-refractivity contribution in [3.63, 3.8) is 0 Å². The highest BCUT2D eigenvalue weighted by Crippen LogP contribution is 2.18. The van der Waals surface area contributed by atoms with E-state index in [2.05, 4.69) is 10.4 Å². The Kier molecular flexibility index (Phi) is 3.85. The average Bonchev–Trinajstić information content (AvgIpc) is 2.77. The molecule has 0 saturated carbocycles. The number of anilines is 1. The molecule has 5 heteroatoms. The van der Waals surface area contributed by atoms with Gasteiger partial charge in [-0.3, -0.25) is 9.48 Å². The topological polar surface area (TPSA) is 72.9 Å². The molecule has 2 aromatic rings. The molecule has 0 aliphatic rings. The number of aromatic nitrogens is 2. The third-order valence-corrected chi connectivity index (χ3v) is 3.14. The lowest BCUT2D eigenvalue weighted by Gasteiger charge is -2.17. The number of rotatable bonds is 4. The summed E-state index contributed by atoms with van der Waals surface area (Å²) in [6.45, 7) is 2.03. The van der Waals surface area contributed by atoms with Crippen LogP contribution in [-0.4, -0.2) is 15.7 Å². The summed E-state index contributed by atoms with van der Waals surface area (Å²) >= 11 is 0. The molecule has 100 valence electrons. The predicted octanol–water partition coefficient (Wildman–Crippen LogP) is 1.88. The number of carbonyl (C=O) groups excluding carboxylic acids is 1. The van der Waals surface area contributed by atoms with Gasteiger partial charge in [-0.1, -0.05) is 37.3 Å². The zero-order chi connectivity index (χ0) is 13.8. The molecule has 0 saturated heterocycles. The van der Waals surface area contributed by atoms with Crippen LogP contribution in [0.4, 0.5) is 5.82 Å². The molecule has 0 aliphatic heterocycles. The number of nitrogens with zero attached hydrogens (tertiary/aromatic N) is 2. The minimum absolute atomic E-state index is 0.0201. The molecule has 0 radical (unpaired) electrons. The highest BCUT2D eigenvalue weighted by molar-refractivity contribution is 5.98. The summed E-state index contributed by atoms with van der Waals surface area (Å²) in [5.74, 6) is 0.182. The van der Waals surface area contributed by atoms with Gasteiger partial charge in [0.1, 0.15) is 11.4 Å². The van der Waals surface area contributed by atoms with Gasteiger partial charge in [0.2, 0.25) is 0 Å². The first-order valence-electron chi connectivity index (χ1n) is 6.26. The van der Waals surface area contributed by atoms with E-state index in [0.717, 1.165) is 12.0 Å². The molecule has 1 aromatic heterocycles. The maximum absolute atomic E-state index is 12.2. The lowest BCUT2D eigenvalue weighted by Crippen LogP contribution is -2.28. The van der Waals surface area contributed by atoms with Crippen LogP contribution >= 0.6 is 0 Å². The number of carbonyl (C=O) groups is 1. The average molecular weight is 258 g/mol. The Morgan fingerprint density at radius 2 is 2.11 bits per heavy atom. The number of aryl methyl sites for hydroxylation is 1. The monoisotopic (exact) mass is 258 g/mol. The minimum atomic E-state index is -0.193. The minimum Gasteiger partial charge on any atom is -0.383 e. The first kappa shape index (κ1) is 13.1. The summed E-state index contributed by atoms with van der Waals surface area (Å²) < 4.78 is 1.48. The smallest absolute Gasteiger partial charge is 0.257 e. The first-order chi connectivity index (χ1) is 9.13. The van der Waals surface area contributed by atoms with Gasteiger partial charge in [0.25, 0.3) is 5.91 Å². The van der Waals surface area contributed by atoms with Crippen LogP contribution in [-0.2, 0) is 7.05 Å². The molecule has 3 N–H and O–H groups in total. The Morgan fingerprint density at radius 3 is 2.63 bits per heavy atom. The van der Waals surface area contributed by atoms with Crippen molar-refractivity contribution in [1.29, 1.82) is 0 Å². The van der Waals surface area contributed by atoms with Crippen LogP contribution in [0.1, 0.15) is 35.3 Å². The molecule has 0 spiro atoms. The maximum Gasteiger partial charge on any atom is 0.257 e. The normalized spacial score (nSPS) is 12.1. The second-order valence-electron chi connectivity index (χ2n) is 4.41. The lowest BCUT2D eigenvalue weighted by atomic mass is 10.0. The lowest BCUT2D eigenvalue weighted by molar-refractivity contribution is 0.0936. The summed E-state index contributed by atoms with van der Waals surface area (Å²) in [7, 11) is 1.71. The molecule has 1 heterocycles. The van der Waals surface area contributed by atoms with Crippen molar-refractivity contribution in [1.82, 2.24) is 15.1 Å². The number of nitrogens with two attached hydrogens (primary N) is 1. The van der Waals surface area contributed by atoms with Gasteiger partial charge in [0.05, 0.1) is 12.2 Å². The number of amides is 1. The van der Waals surface area contributed by atoms with Gasteiger partial charge in [0, 0.05) is 7.05 Å². The molecular formula is C14H18N4O. The van der Waals surface area contributed by atoms with Crippen LogP contribution in [0.2, 0.25) is 0 Å². The Balaban J connectivity index is 2.15. The fraction of sp³-hybridized carbons (Fsp3) is 0.286. The van der Waals surface area contributed by atoms with Gasteiger partial charge in [-0.05, 0) is 12.0 Å². The van der Waals surface area contributed by atoms with Crippen LogP contribution in [0.25, 0.3) is 0 Å². The van der Waals surface area contributed by atoms with Gasteiger partial charge in [-0.25, -0.2) is 0 Å². The van der Waals surface area contributed by atoms with E-state index in [1.807, 2.05) is 37.3 Å². The van der Waals surface area contributed by atoms with E-state index in [9.17, 15) is 4.79 Å². The van der Waals surface area contributed by atoms with E-state index < -0.39 is 0 Å². The van der Waals surface area contributed by atoms with Gasteiger partial charge >= 0.3 is 0 Å². The molecule has 1 amide bonds. The molecule has 1 aromatic carbocycles. The van der Waals surface area contributed by atoms with Crippen molar-refractivity contribution in [2.45, 2.75) is 19.4 Å². The Labute approximate surface area is 112 Å². The molecular weight excluding hydrogens is 240 g/mol. The second-order valence-corrected chi connectivity index (χ2v) is 4.41. The standard InChI is InChI=1S/C14H18N4O/c1-3-12(10-7-5-4-6-8-10)17-14(19)11-9-16-18(2)13(11)15/h4-9,12H,3,15H2,1-2H3,(H,17,19). The summed E-state index contributed by atoms with van der Waals surface area (Å²) in [6, 6.07) is 9.86. The van der Waals surface area contributed by atoms with E-state index in [4.69, 9.17) is 5.73 Å². The van der Waals surface area contributed by atoms with Gasteiger partial charge in [0.15, 0.2) is 0 Å². The summed E-state index contributed by atoms with van der Waals surface area (Å²) in [4.78, 5) is 12.2. The van der Waals surface area contributed by atoms with Crippen molar-refractivity contribution in [2.24, 2.45) is 7.05 Å². The van der Waals surface area contributed by atoms with E-state index in [1.54, 1.807) is 7.05 Å². The Hall–Kier alpha value is -2.30. The number of nitrogen functional groups attached to an aromatic ring is 1. The molecule has 0 bridgehead atoms. The van der Waals surface area contributed by atoms with Crippen LogP contribution < -0.4 is 11.1 Å².